The van der Waals surface area contributed by atoms with Crippen LogP contribution in [0.3, 0.4) is 0 Å². The molecule has 3 rings (SSSR count). The smallest absolute Gasteiger partial charge is 0.237 e. The molecule has 0 saturated carbocycles. The van der Waals surface area contributed by atoms with Crippen LogP contribution >= 0.6 is 11.8 Å². The number of halogens is 1. The van der Waals surface area contributed by atoms with Crippen LogP contribution in [-0.4, -0.2) is 26.0 Å². The fourth-order valence-electron chi connectivity index (χ4n) is 2.69. The van der Waals surface area contributed by atoms with E-state index in [1.807, 2.05) is 24.3 Å². The van der Waals surface area contributed by atoms with Crippen molar-refractivity contribution in [3.63, 3.8) is 0 Å². The van der Waals surface area contributed by atoms with Crippen LogP contribution in [0.4, 0.5) is 10.1 Å². The minimum absolute atomic E-state index is 0.0484. The third-order valence-electron chi connectivity index (χ3n) is 4.45. The number of carbonyl (C=O) groups is 1. The van der Waals surface area contributed by atoms with E-state index in [9.17, 15) is 9.18 Å². The third kappa shape index (κ3) is 4.76. The van der Waals surface area contributed by atoms with Gasteiger partial charge in [-0.15, -0.1) is 10.2 Å². The van der Waals surface area contributed by atoms with Crippen LogP contribution in [0.5, 0.6) is 0 Å². The summed E-state index contributed by atoms with van der Waals surface area (Å²) >= 11 is 1.16. The van der Waals surface area contributed by atoms with E-state index in [1.165, 1.54) is 16.3 Å². The first kappa shape index (κ1) is 20.9. The first-order valence-corrected chi connectivity index (χ1v) is 10.1. The molecular weight excluding hydrogens is 389 g/mol. The highest BCUT2D eigenvalue weighted by atomic mass is 32.2. The molecule has 0 saturated heterocycles. The molecule has 1 atom stereocenters. The van der Waals surface area contributed by atoms with Gasteiger partial charge in [0.25, 0.3) is 0 Å². The first-order valence-electron chi connectivity index (χ1n) is 9.20. The van der Waals surface area contributed by atoms with Gasteiger partial charge in [0.15, 0.2) is 5.82 Å². The molecule has 6 nitrogen and oxygen atoms in total. The minimum atomic E-state index is -0.475. The standard InChI is InChI=1S/C21H24FN5OS/c1-13(19(28)24-15-11-9-14(10-12-15)21(2,3)4)29-20-26-25-18(27(20)23)16-7-5-6-8-17(16)22/h5-13H,23H2,1-4H3,(H,24,28). The van der Waals surface area contributed by atoms with Gasteiger partial charge >= 0.3 is 0 Å². The van der Waals surface area contributed by atoms with Crippen molar-refractivity contribution in [2.24, 2.45) is 0 Å². The lowest BCUT2D eigenvalue weighted by atomic mass is 9.87. The van der Waals surface area contributed by atoms with Crippen LogP contribution in [-0.2, 0) is 10.2 Å². The molecule has 0 radical (unpaired) electrons. The molecule has 1 unspecified atom stereocenters. The highest BCUT2D eigenvalue weighted by Gasteiger charge is 2.21. The maximum absolute atomic E-state index is 14.0. The molecule has 0 bridgehead atoms. The van der Waals surface area contributed by atoms with E-state index < -0.39 is 11.1 Å². The van der Waals surface area contributed by atoms with E-state index in [1.54, 1.807) is 25.1 Å². The summed E-state index contributed by atoms with van der Waals surface area (Å²) in [6.45, 7) is 8.16. The second kappa shape index (κ2) is 8.24. The summed E-state index contributed by atoms with van der Waals surface area (Å²) in [6.07, 6.45) is 0. The topological polar surface area (TPSA) is 85.8 Å². The molecule has 3 N–H and O–H groups in total. The average molecular weight is 414 g/mol. The fraction of sp³-hybridized carbons (Fsp3) is 0.286. The molecule has 0 aliphatic rings. The number of nitrogens with zero attached hydrogens (tertiary/aromatic N) is 3. The predicted molar refractivity (Wildman–Crippen MR) is 115 cm³/mol. The summed E-state index contributed by atoms with van der Waals surface area (Å²) in [5.41, 5.74) is 2.21. The first-order chi connectivity index (χ1) is 13.7. The molecule has 29 heavy (non-hydrogen) atoms. The summed E-state index contributed by atoms with van der Waals surface area (Å²) in [6, 6.07) is 14.0. The molecule has 8 heteroatoms. The summed E-state index contributed by atoms with van der Waals surface area (Å²) in [7, 11) is 0. The van der Waals surface area contributed by atoms with Crippen molar-refractivity contribution >= 4 is 23.4 Å². The summed E-state index contributed by atoms with van der Waals surface area (Å²) < 4.78 is 15.2. The number of hydrogen-bond donors (Lipinski definition) is 2. The highest BCUT2D eigenvalue weighted by Crippen LogP contribution is 2.27. The maximum atomic E-state index is 14.0. The Bertz CT molecular complexity index is 1010. The monoisotopic (exact) mass is 413 g/mol. The molecule has 1 heterocycles. The van der Waals surface area contributed by atoms with Crippen LogP contribution < -0.4 is 11.2 Å². The number of nitrogens with two attached hydrogens (primary N) is 1. The second-order valence-corrected chi connectivity index (χ2v) is 9.04. The number of benzene rings is 2. The van der Waals surface area contributed by atoms with Crippen molar-refractivity contribution in [2.45, 2.75) is 43.5 Å². The number of nitrogens with one attached hydrogen (secondary N) is 1. The van der Waals surface area contributed by atoms with E-state index >= 15 is 0 Å². The summed E-state index contributed by atoms with van der Waals surface area (Å²) in [4.78, 5) is 12.6. The van der Waals surface area contributed by atoms with E-state index in [0.717, 1.165) is 17.4 Å². The third-order valence-corrected chi connectivity index (χ3v) is 5.51. The van der Waals surface area contributed by atoms with Crippen LogP contribution in [0.15, 0.2) is 53.7 Å². The van der Waals surface area contributed by atoms with Crippen molar-refractivity contribution < 1.29 is 9.18 Å². The van der Waals surface area contributed by atoms with Crippen molar-refractivity contribution in [1.29, 1.82) is 0 Å². The zero-order chi connectivity index (χ0) is 21.2. The van der Waals surface area contributed by atoms with Crippen molar-refractivity contribution in [3.05, 3.63) is 59.9 Å². The molecule has 0 spiro atoms. The van der Waals surface area contributed by atoms with Gasteiger partial charge in [0.2, 0.25) is 11.1 Å². The number of nitrogen functional groups attached to an aromatic ring is 1. The Morgan fingerprint density at radius 1 is 1.14 bits per heavy atom. The van der Waals surface area contributed by atoms with E-state index in [-0.39, 0.29) is 22.7 Å². The van der Waals surface area contributed by atoms with Crippen molar-refractivity contribution in [1.82, 2.24) is 14.9 Å². The molecule has 0 fully saturated rings. The van der Waals surface area contributed by atoms with Gasteiger partial charge in [0, 0.05) is 5.69 Å². The molecule has 1 aromatic heterocycles. The van der Waals surface area contributed by atoms with Gasteiger partial charge in [-0.3, -0.25) is 4.79 Å². The van der Waals surface area contributed by atoms with Gasteiger partial charge in [-0.25, -0.2) is 9.07 Å². The molecule has 1 amide bonds. The Morgan fingerprint density at radius 3 is 2.41 bits per heavy atom. The fourth-order valence-corrected chi connectivity index (χ4v) is 3.46. The minimum Gasteiger partial charge on any atom is -0.335 e. The molecular formula is C21H24FN5OS. The van der Waals surface area contributed by atoms with Crippen LogP contribution in [0.1, 0.15) is 33.3 Å². The van der Waals surface area contributed by atoms with Gasteiger partial charge in [0.05, 0.1) is 10.8 Å². The number of rotatable bonds is 5. The Balaban J connectivity index is 1.68. The number of thioether (sulfide) groups is 1. The predicted octanol–water partition coefficient (Wildman–Crippen LogP) is 4.21. The Labute approximate surface area is 173 Å². The molecule has 0 aliphatic heterocycles. The van der Waals surface area contributed by atoms with Crippen LogP contribution in [0.25, 0.3) is 11.4 Å². The van der Waals surface area contributed by atoms with Crippen molar-refractivity contribution in [2.75, 3.05) is 11.2 Å². The Morgan fingerprint density at radius 2 is 1.79 bits per heavy atom. The van der Waals surface area contributed by atoms with Gasteiger partial charge in [-0.1, -0.05) is 56.8 Å². The summed E-state index contributed by atoms with van der Waals surface area (Å²) in [5.74, 6) is 5.62. The molecule has 3 aromatic rings. The lowest BCUT2D eigenvalue weighted by Crippen LogP contribution is -2.23. The van der Waals surface area contributed by atoms with E-state index in [2.05, 4.69) is 36.3 Å². The maximum Gasteiger partial charge on any atom is 0.237 e. The van der Waals surface area contributed by atoms with Gasteiger partial charge in [-0.05, 0) is 42.2 Å². The number of anilines is 1. The lowest BCUT2D eigenvalue weighted by Gasteiger charge is -2.19. The zero-order valence-electron chi connectivity index (χ0n) is 16.8. The normalized spacial score (nSPS) is 12.6. The number of hydrogen-bond acceptors (Lipinski definition) is 5. The molecule has 2 aromatic carbocycles. The quantitative estimate of drug-likeness (QED) is 0.483. The largest absolute Gasteiger partial charge is 0.335 e. The highest BCUT2D eigenvalue weighted by molar-refractivity contribution is 8.00. The van der Waals surface area contributed by atoms with Crippen molar-refractivity contribution in [3.8, 4) is 11.4 Å². The van der Waals surface area contributed by atoms with Crippen LogP contribution in [0.2, 0.25) is 0 Å². The molecule has 0 aliphatic carbocycles. The number of amides is 1. The SMILES string of the molecule is CC(Sc1nnc(-c2ccccc2F)n1N)C(=O)Nc1ccc(C(C)(C)C)cc1. The van der Waals surface area contributed by atoms with E-state index in [4.69, 9.17) is 5.84 Å². The Kier molecular flexibility index (Phi) is 5.93. The van der Waals surface area contributed by atoms with Gasteiger partial charge < -0.3 is 11.2 Å². The van der Waals surface area contributed by atoms with Gasteiger partial charge in [0.1, 0.15) is 5.82 Å². The lowest BCUT2D eigenvalue weighted by molar-refractivity contribution is -0.115. The Hall–Kier alpha value is -2.87. The van der Waals surface area contributed by atoms with Crippen LogP contribution in [0, 0.1) is 5.82 Å². The van der Waals surface area contributed by atoms with E-state index in [0.29, 0.717) is 5.16 Å². The molecule has 152 valence electrons. The number of aromatic nitrogens is 3. The zero-order valence-corrected chi connectivity index (χ0v) is 17.6. The summed E-state index contributed by atoms with van der Waals surface area (Å²) in [5, 5.41) is 10.7. The number of carbonyl (C=O) groups excluding carboxylic acids is 1. The average Bonchev–Trinajstić information content (AvgIpc) is 3.02. The second-order valence-electron chi connectivity index (χ2n) is 7.73. The van der Waals surface area contributed by atoms with Gasteiger partial charge in [-0.2, -0.15) is 0 Å².